The van der Waals surface area contributed by atoms with Gasteiger partial charge in [0.25, 0.3) is 0 Å². The van der Waals surface area contributed by atoms with Crippen LogP contribution in [0.4, 0.5) is 14.5 Å². The van der Waals surface area contributed by atoms with E-state index in [2.05, 4.69) is 17.1 Å². The van der Waals surface area contributed by atoms with Crippen molar-refractivity contribution in [2.75, 3.05) is 18.4 Å². The van der Waals surface area contributed by atoms with Crippen molar-refractivity contribution in [3.63, 3.8) is 0 Å². The third-order valence-electron chi connectivity index (χ3n) is 3.43. The molecular formula is C14H18F2N2O. The largest absolute Gasteiger partial charge is 0.325 e. The molecule has 1 amide bonds. The normalized spacial score (nSPS) is 20.3. The van der Waals surface area contributed by atoms with Crippen LogP contribution in [0.25, 0.3) is 0 Å². The maximum Gasteiger partial charge on any atom is 0.238 e. The van der Waals surface area contributed by atoms with E-state index in [4.69, 9.17) is 0 Å². The predicted molar refractivity (Wildman–Crippen MR) is 69.9 cm³/mol. The SMILES string of the molecule is CC1CCCCN1CC(=O)Nc1cc(F)cc(F)c1. The lowest BCUT2D eigenvalue weighted by molar-refractivity contribution is -0.118. The number of likely N-dealkylation sites (tertiary alicyclic amines) is 1. The molecule has 0 aromatic heterocycles. The molecule has 1 aromatic rings. The minimum Gasteiger partial charge on any atom is -0.325 e. The molecule has 3 nitrogen and oxygen atoms in total. The van der Waals surface area contributed by atoms with Gasteiger partial charge < -0.3 is 5.32 Å². The molecule has 0 spiro atoms. The van der Waals surface area contributed by atoms with Gasteiger partial charge in [-0.3, -0.25) is 9.69 Å². The fourth-order valence-electron chi connectivity index (χ4n) is 2.40. The van der Waals surface area contributed by atoms with Crippen LogP contribution >= 0.6 is 0 Å². The van der Waals surface area contributed by atoms with Crippen LogP contribution in [0, 0.1) is 11.6 Å². The van der Waals surface area contributed by atoms with Crippen LogP contribution in [0.2, 0.25) is 0 Å². The molecule has 0 bridgehead atoms. The smallest absolute Gasteiger partial charge is 0.238 e. The highest BCUT2D eigenvalue weighted by atomic mass is 19.1. The summed E-state index contributed by atoms with van der Waals surface area (Å²) >= 11 is 0. The summed E-state index contributed by atoms with van der Waals surface area (Å²) in [5.41, 5.74) is 0.159. The Morgan fingerprint density at radius 3 is 2.63 bits per heavy atom. The topological polar surface area (TPSA) is 32.3 Å². The van der Waals surface area contributed by atoms with Crippen molar-refractivity contribution in [3.05, 3.63) is 29.8 Å². The Balaban J connectivity index is 1.93. The summed E-state index contributed by atoms with van der Waals surface area (Å²) in [6.45, 7) is 3.25. The number of nitrogens with one attached hydrogen (secondary N) is 1. The molecule has 1 unspecified atom stereocenters. The summed E-state index contributed by atoms with van der Waals surface area (Å²) in [6, 6.07) is 3.38. The third kappa shape index (κ3) is 3.99. The van der Waals surface area contributed by atoms with Crippen LogP contribution in [-0.4, -0.2) is 29.9 Å². The molecule has 2 rings (SSSR count). The van der Waals surface area contributed by atoms with Crippen molar-refractivity contribution in [2.24, 2.45) is 0 Å². The molecule has 1 aromatic carbocycles. The zero-order valence-electron chi connectivity index (χ0n) is 11.0. The Morgan fingerprint density at radius 2 is 2.00 bits per heavy atom. The highest BCUT2D eigenvalue weighted by molar-refractivity contribution is 5.92. The van der Waals surface area contributed by atoms with Crippen LogP contribution in [-0.2, 0) is 4.79 Å². The summed E-state index contributed by atoms with van der Waals surface area (Å²) in [6.07, 6.45) is 3.36. The molecule has 19 heavy (non-hydrogen) atoms. The molecule has 1 fully saturated rings. The van der Waals surface area contributed by atoms with Gasteiger partial charge in [-0.15, -0.1) is 0 Å². The lowest BCUT2D eigenvalue weighted by atomic mass is 10.0. The van der Waals surface area contributed by atoms with E-state index in [1.165, 1.54) is 6.42 Å². The van der Waals surface area contributed by atoms with E-state index in [0.29, 0.717) is 6.04 Å². The van der Waals surface area contributed by atoms with Gasteiger partial charge in [0.15, 0.2) is 0 Å². The summed E-state index contributed by atoms with van der Waals surface area (Å²) in [4.78, 5) is 13.9. The zero-order chi connectivity index (χ0) is 13.8. The first-order valence-electron chi connectivity index (χ1n) is 6.54. The van der Waals surface area contributed by atoms with Crippen molar-refractivity contribution in [1.82, 2.24) is 4.90 Å². The first-order valence-corrected chi connectivity index (χ1v) is 6.54. The molecule has 5 heteroatoms. The van der Waals surface area contributed by atoms with Gasteiger partial charge in [0.1, 0.15) is 11.6 Å². The van der Waals surface area contributed by atoms with Gasteiger partial charge in [-0.1, -0.05) is 6.42 Å². The number of hydrogen-bond donors (Lipinski definition) is 1. The fourth-order valence-corrected chi connectivity index (χ4v) is 2.40. The first-order chi connectivity index (χ1) is 9.04. The maximum absolute atomic E-state index is 13.0. The Hall–Kier alpha value is -1.49. The van der Waals surface area contributed by atoms with E-state index in [0.717, 1.165) is 37.6 Å². The molecule has 0 saturated carbocycles. The number of carbonyl (C=O) groups is 1. The lowest BCUT2D eigenvalue weighted by Gasteiger charge is -2.32. The van der Waals surface area contributed by atoms with Gasteiger partial charge in [0.05, 0.1) is 6.54 Å². The molecule has 1 heterocycles. The molecular weight excluding hydrogens is 250 g/mol. The van der Waals surface area contributed by atoms with Gasteiger partial charge in [-0.25, -0.2) is 8.78 Å². The minimum atomic E-state index is -0.693. The Morgan fingerprint density at radius 1 is 1.32 bits per heavy atom. The Kier molecular flexibility index (Phi) is 4.47. The second kappa shape index (κ2) is 6.10. The molecule has 0 radical (unpaired) electrons. The highest BCUT2D eigenvalue weighted by Gasteiger charge is 2.20. The number of piperidine rings is 1. The number of carbonyl (C=O) groups excluding carboxylic acids is 1. The number of nitrogens with zero attached hydrogens (tertiary/aromatic N) is 1. The third-order valence-corrected chi connectivity index (χ3v) is 3.43. The van der Waals surface area contributed by atoms with E-state index in [1.807, 2.05) is 0 Å². The van der Waals surface area contributed by atoms with Crippen molar-refractivity contribution < 1.29 is 13.6 Å². The van der Waals surface area contributed by atoms with E-state index < -0.39 is 11.6 Å². The molecule has 0 aliphatic carbocycles. The lowest BCUT2D eigenvalue weighted by Crippen LogP contribution is -2.42. The summed E-state index contributed by atoms with van der Waals surface area (Å²) < 4.78 is 26.0. The van der Waals surface area contributed by atoms with Crippen molar-refractivity contribution in [3.8, 4) is 0 Å². The van der Waals surface area contributed by atoms with Gasteiger partial charge in [-0.05, 0) is 38.4 Å². The second-order valence-corrected chi connectivity index (χ2v) is 5.02. The van der Waals surface area contributed by atoms with E-state index in [9.17, 15) is 13.6 Å². The number of hydrogen-bond acceptors (Lipinski definition) is 2. The first kappa shape index (κ1) is 13.9. The predicted octanol–water partition coefficient (Wildman–Crippen LogP) is 2.78. The van der Waals surface area contributed by atoms with Gasteiger partial charge in [-0.2, -0.15) is 0 Å². The quantitative estimate of drug-likeness (QED) is 0.914. The van der Waals surface area contributed by atoms with Gasteiger partial charge in [0.2, 0.25) is 5.91 Å². The van der Waals surface area contributed by atoms with E-state index in [-0.39, 0.29) is 18.1 Å². The summed E-state index contributed by atoms with van der Waals surface area (Å²) in [7, 11) is 0. The molecule has 1 aliphatic heterocycles. The van der Waals surface area contributed by atoms with Gasteiger partial charge >= 0.3 is 0 Å². The number of amides is 1. The van der Waals surface area contributed by atoms with Crippen LogP contribution in [0.3, 0.4) is 0 Å². The average Bonchev–Trinajstić information content (AvgIpc) is 2.30. The molecule has 1 saturated heterocycles. The zero-order valence-corrected chi connectivity index (χ0v) is 11.0. The number of rotatable bonds is 3. The van der Waals surface area contributed by atoms with Crippen molar-refractivity contribution in [2.45, 2.75) is 32.2 Å². The minimum absolute atomic E-state index is 0.159. The maximum atomic E-state index is 13.0. The van der Waals surface area contributed by atoms with Crippen LogP contribution in [0.5, 0.6) is 0 Å². The fraction of sp³-hybridized carbons (Fsp3) is 0.500. The second-order valence-electron chi connectivity index (χ2n) is 5.02. The highest BCUT2D eigenvalue weighted by Crippen LogP contribution is 2.17. The number of anilines is 1. The monoisotopic (exact) mass is 268 g/mol. The van der Waals surface area contributed by atoms with Crippen molar-refractivity contribution in [1.29, 1.82) is 0 Å². The Bertz CT molecular complexity index is 445. The number of benzene rings is 1. The summed E-state index contributed by atoms with van der Waals surface area (Å²) in [5, 5.41) is 2.53. The molecule has 1 atom stereocenters. The molecule has 1 aliphatic rings. The summed E-state index contributed by atoms with van der Waals surface area (Å²) in [5.74, 6) is -1.62. The Labute approximate surface area is 111 Å². The van der Waals surface area contributed by atoms with Crippen LogP contribution in [0.1, 0.15) is 26.2 Å². The van der Waals surface area contributed by atoms with Crippen LogP contribution in [0.15, 0.2) is 18.2 Å². The number of halogens is 2. The average molecular weight is 268 g/mol. The van der Waals surface area contributed by atoms with Gasteiger partial charge in [0, 0.05) is 17.8 Å². The standard InChI is InChI=1S/C14H18F2N2O/c1-10-4-2-3-5-18(10)9-14(19)17-13-7-11(15)6-12(16)8-13/h6-8,10H,2-5,9H2,1H3,(H,17,19). The van der Waals surface area contributed by atoms with Crippen LogP contribution < -0.4 is 5.32 Å². The molecule has 104 valence electrons. The van der Waals surface area contributed by atoms with Crippen molar-refractivity contribution >= 4 is 11.6 Å². The molecule has 1 N–H and O–H groups in total. The van der Waals surface area contributed by atoms with E-state index >= 15 is 0 Å². The van der Waals surface area contributed by atoms with E-state index in [1.54, 1.807) is 0 Å².